The molecule has 2 aromatic rings. The van der Waals surface area contributed by atoms with E-state index in [4.69, 9.17) is 0 Å². The van der Waals surface area contributed by atoms with E-state index in [2.05, 4.69) is 12.1 Å². The lowest BCUT2D eigenvalue weighted by Crippen LogP contribution is -2.02. The molecule has 16 heavy (non-hydrogen) atoms. The summed E-state index contributed by atoms with van der Waals surface area (Å²) in [5.41, 5.74) is 4.24. The van der Waals surface area contributed by atoms with Gasteiger partial charge in [0.2, 0.25) is 0 Å². The molecular formula is C15H16O. The average Bonchev–Trinajstić information content (AvgIpc) is 2.32. The van der Waals surface area contributed by atoms with Crippen LogP contribution in [0.3, 0.4) is 0 Å². The Morgan fingerprint density at radius 3 is 2.31 bits per heavy atom. The molecule has 0 aromatic heterocycles. The third kappa shape index (κ3) is 2.15. The van der Waals surface area contributed by atoms with Gasteiger partial charge in [-0.2, -0.15) is 0 Å². The molecule has 1 nitrogen and oxygen atoms in total. The molecule has 1 unspecified atom stereocenters. The molecule has 2 rings (SSSR count). The molecule has 1 heteroatoms. The molecule has 0 saturated carbocycles. The first-order valence-corrected chi connectivity index (χ1v) is 5.48. The second-order valence-corrected chi connectivity index (χ2v) is 4.17. The van der Waals surface area contributed by atoms with Crippen molar-refractivity contribution in [2.45, 2.75) is 20.0 Å². The first-order valence-electron chi connectivity index (χ1n) is 5.48. The van der Waals surface area contributed by atoms with E-state index in [1.165, 1.54) is 5.56 Å². The Labute approximate surface area is 96.4 Å². The van der Waals surface area contributed by atoms with Crippen LogP contribution in [0.4, 0.5) is 0 Å². The Morgan fingerprint density at radius 2 is 1.62 bits per heavy atom. The van der Waals surface area contributed by atoms with Gasteiger partial charge in [0.15, 0.2) is 0 Å². The van der Waals surface area contributed by atoms with Crippen molar-refractivity contribution < 1.29 is 5.11 Å². The summed E-state index contributed by atoms with van der Waals surface area (Å²) in [5.74, 6) is 0. The van der Waals surface area contributed by atoms with Gasteiger partial charge in [-0.3, -0.25) is 0 Å². The molecule has 0 aliphatic heterocycles. The van der Waals surface area contributed by atoms with Gasteiger partial charge in [0.25, 0.3) is 0 Å². The van der Waals surface area contributed by atoms with E-state index in [9.17, 15) is 5.11 Å². The second-order valence-electron chi connectivity index (χ2n) is 4.17. The third-order valence-corrected chi connectivity index (χ3v) is 2.84. The van der Waals surface area contributed by atoms with Gasteiger partial charge < -0.3 is 5.11 Å². The number of hydrogen-bond acceptors (Lipinski definition) is 1. The van der Waals surface area contributed by atoms with Crippen molar-refractivity contribution in [3.8, 4) is 0 Å². The Bertz CT molecular complexity index is 474. The van der Waals surface area contributed by atoms with E-state index in [1.54, 1.807) is 0 Å². The van der Waals surface area contributed by atoms with Crippen LogP contribution in [0.25, 0.3) is 0 Å². The van der Waals surface area contributed by atoms with Crippen molar-refractivity contribution in [1.82, 2.24) is 0 Å². The SMILES string of the molecule is Cc1ccc(C)c(C(O)c2ccccc2)c1. The number of aryl methyl sites for hydroxylation is 2. The summed E-state index contributed by atoms with van der Waals surface area (Å²) in [4.78, 5) is 0. The number of aliphatic hydroxyl groups excluding tert-OH is 1. The number of aliphatic hydroxyl groups is 1. The minimum absolute atomic E-state index is 0.527. The Hall–Kier alpha value is -1.60. The van der Waals surface area contributed by atoms with Gasteiger partial charge in [-0.15, -0.1) is 0 Å². The van der Waals surface area contributed by atoms with Crippen molar-refractivity contribution in [3.63, 3.8) is 0 Å². The van der Waals surface area contributed by atoms with Crippen LogP contribution < -0.4 is 0 Å². The van der Waals surface area contributed by atoms with Crippen LogP contribution >= 0.6 is 0 Å². The largest absolute Gasteiger partial charge is 0.384 e. The number of benzene rings is 2. The van der Waals surface area contributed by atoms with Gasteiger partial charge in [-0.05, 0) is 30.5 Å². The number of hydrogen-bond donors (Lipinski definition) is 1. The minimum Gasteiger partial charge on any atom is -0.384 e. The molecule has 0 saturated heterocycles. The Morgan fingerprint density at radius 1 is 0.938 bits per heavy atom. The topological polar surface area (TPSA) is 20.2 Å². The predicted molar refractivity (Wildman–Crippen MR) is 66.4 cm³/mol. The van der Waals surface area contributed by atoms with Gasteiger partial charge in [-0.1, -0.05) is 54.1 Å². The maximum Gasteiger partial charge on any atom is 0.104 e. The monoisotopic (exact) mass is 212 g/mol. The Balaban J connectivity index is 2.41. The second kappa shape index (κ2) is 4.50. The summed E-state index contributed by atoms with van der Waals surface area (Å²) in [5, 5.41) is 10.3. The van der Waals surface area contributed by atoms with Crippen LogP contribution in [0, 0.1) is 13.8 Å². The summed E-state index contributed by atoms with van der Waals surface area (Å²) >= 11 is 0. The zero-order valence-electron chi connectivity index (χ0n) is 9.64. The fourth-order valence-electron chi connectivity index (χ4n) is 1.87. The van der Waals surface area contributed by atoms with Crippen LogP contribution in [0.1, 0.15) is 28.4 Å². The van der Waals surface area contributed by atoms with Gasteiger partial charge >= 0.3 is 0 Å². The van der Waals surface area contributed by atoms with Gasteiger partial charge in [0.05, 0.1) is 0 Å². The van der Waals surface area contributed by atoms with Gasteiger partial charge in [-0.25, -0.2) is 0 Å². The lowest BCUT2D eigenvalue weighted by Gasteiger charge is -2.14. The standard InChI is InChI=1S/C15H16O/c1-11-8-9-12(2)14(10-11)15(16)13-6-4-3-5-7-13/h3-10,15-16H,1-2H3. The maximum atomic E-state index is 10.3. The highest BCUT2D eigenvalue weighted by molar-refractivity contribution is 5.37. The van der Waals surface area contributed by atoms with E-state index in [1.807, 2.05) is 50.2 Å². The molecule has 0 fully saturated rings. The molecule has 82 valence electrons. The summed E-state index contributed by atoms with van der Waals surface area (Å²) in [7, 11) is 0. The van der Waals surface area contributed by atoms with E-state index < -0.39 is 6.10 Å². The molecule has 2 aromatic carbocycles. The lowest BCUT2D eigenvalue weighted by molar-refractivity contribution is 0.219. The van der Waals surface area contributed by atoms with Crippen LogP contribution in [0.15, 0.2) is 48.5 Å². The minimum atomic E-state index is -0.527. The van der Waals surface area contributed by atoms with Crippen LogP contribution in [0.2, 0.25) is 0 Å². The maximum absolute atomic E-state index is 10.3. The average molecular weight is 212 g/mol. The quantitative estimate of drug-likeness (QED) is 0.809. The van der Waals surface area contributed by atoms with E-state index in [0.29, 0.717) is 0 Å². The van der Waals surface area contributed by atoms with Crippen LogP contribution in [0.5, 0.6) is 0 Å². The highest BCUT2D eigenvalue weighted by Crippen LogP contribution is 2.25. The fraction of sp³-hybridized carbons (Fsp3) is 0.200. The van der Waals surface area contributed by atoms with E-state index in [0.717, 1.165) is 16.7 Å². The predicted octanol–water partition coefficient (Wildman–Crippen LogP) is 3.39. The molecule has 1 atom stereocenters. The molecule has 0 aliphatic carbocycles. The smallest absolute Gasteiger partial charge is 0.104 e. The van der Waals surface area contributed by atoms with Gasteiger partial charge in [0.1, 0.15) is 6.10 Å². The van der Waals surface area contributed by atoms with Crippen molar-refractivity contribution in [3.05, 3.63) is 70.8 Å². The molecule has 0 radical (unpaired) electrons. The molecular weight excluding hydrogens is 196 g/mol. The highest BCUT2D eigenvalue weighted by atomic mass is 16.3. The summed E-state index contributed by atoms with van der Waals surface area (Å²) < 4.78 is 0. The normalized spacial score (nSPS) is 12.4. The first-order chi connectivity index (χ1) is 7.68. The van der Waals surface area contributed by atoms with Crippen molar-refractivity contribution in [2.24, 2.45) is 0 Å². The molecule has 0 spiro atoms. The Kier molecular flexibility index (Phi) is 3.07. The molecule has 0 bridgehead atoms. The zero-order valence-corrected chi connectivity index (χ0v) is 9.64. The van der Waals surface area contributed by atoms with Crippen LogP contribution in [-0.2, 0) is 0 Å². The molecule has 0 heterocycles. The zero-order chi connectivity index (χ0) is 11.5. The molecule has 0 aliphatic rings. The lowest BCUT2D eigenvalue weighted by atomic mass is 9.96. The summed E-state index contributed by atoms with van der Waals surface area (Å²) in [6.07, 6.45) is -0.527. The van der Waals surface area contributed by atoms with Crippen molar-refractivity contribution >= 4 is 0 Å². The third-order valence-electron chi connectivity index (χ3n) is 2.84. The fourth-order valence-corrected chi connectivity index (χ4v) is 1.87. The number of rotatable bonds is 2. The van der Waals surface area contributed by atoms with Crippen LogP contribution in [-0.4, -0.2) is 5.11 Å². The summed E-state index contributed by atoms with van der Waals surface area (Å²) in [6.45, 7) is 4.07. The van der Waals surface area contributed by atoms with E-state index in [-0.39, 0.29) is 0 Å². The van der Waals surface area contributed by atoms with Crippen molar-refractivity contribution in [1.29, 1.82) is 0 Å². The van der Waals surface area contributed by atoms with Crippen molar-refractivity contribution in [2.75, 3.05) is 0 Å². The summed E-state index contributed by atoms with van der Waals surface area (Å²) in [6, 6.07) is 15.9. The molecule has 0 amide bonds. The first kappa shape index (κ1) is 10.9. The molecule has 1 N–H and O–H groups in total. The van der Waals surface area contributed by atoms with E-state index >= 15 is 0 Å². The van der Waals surface area contributed by atoms with Gasteiger partial charge in [0, 0.05) is 0 Å². The highest BCUT2D eigenvalue weighted by Gasteiger charge is 2.12.